The van der Waals surface area contributed by atoms with Gasteiger partial charge >= 0.3 is 0 Å². The summed E-state index contributed by atoms with van der Waals surface area (Å²) in [5.74, 6) is 0.359. The van der Waals surface area contributed by atoms with Crippen LogP contribution in [0.1, 0.15) is 29.9 Å². The van der Waals surface area contributed by atoms with Gasteiger partial charge in [0.2, 0.25) is 0 Å². The quantitative estimate of drug-likeness (QED) is 0.808. The molecule has 1 unspecified atom stereocenters. The van der Waals surface area contributed by atoms with Crippen molar-refractivity contribution in [2.45, 2.75) is 25.3 Å². The normalized spacial score (nSPS) is 18.6. The van der Waals surface area contributed by atoms with E-state index in [0.717, 1.165) is 31.6 Å². The van der Waals surface area contributed by atoms with E-state index in [0.29, 0.717) is 5.92 Å². The Morgan fingerprint density at radius 2 is 1.77 bits per heavy atom. The molecule has 0 aliphatic carbocycles. The Morgan fingerprint density at radius 3 is 2.50 bits per heavy atom. The Balaban J connectivity index is 0.00000176. The van der Waals surface area contributed by atoms with Crippen molar-refractivity contribution in [2.24, 2.45) is 0 Å². The average molecular weight is 364 g/mol. The van der Waals surface area contributed by atoms with Gasteiger partial charge in [0.25, 0.3) is 0 Å². The summed E-state index contributed by atoms with van der Waals surface area (Å²) in [6, 6.07) is 15.7. The molecule has 3 rings (SSSR count). The van der Waals surface area contributed by atoms with E-state index in [1.807, 2.05) is 12.1 Å². The molecule has 0 spiro atoms. The second-order valence-electron chi connectivity index (χ2n) is 5.81. The lowest BCUT2D eigenvalue weighted by molar-refractivity contribution is 0.200. The fourth-order valence-corrected chi connectivity index (χ4v) is 3.11. The monoisotopic (exact) mass is 363 g/mol. The van der Waals surface area contributed by atoms with E-state index in [1.165, 1.54) is 12.0 Å². The first-order chi connectivity index (χ1) is 10.2. The Labute approximate surface area is 142 Å². The molecule has 0 bridgehead atoms. The first-order valence-corrected chi connectivity index (χ1v) is 7.50. The number of piperidine rings is 1. The average Bonchev–Trinajstić information content (AvgIpc) is 2.51. The van der Waals surface area contributed by atoms with Crippen LogP contribution in [0.2, 0.25) is 0 Å². The number of aromatic hydroxyl groups is 2. The van der Waals surface area contributed by atoms with Crippen molar-refractivity contribution in [2.75, 3.05) is 13.1 Å². The Hall–Kier alpha value is -1.52. The number of phenols is 2. The molecular formula is C18H22BrNO2. The smallest absolute Gasteiger partial charge is 0.157 e. The van der Waals surface area contributed by atoms with E-state index < -0.39 is 0 Å². The highest BCUT2D eigenvalue weighted by molar-refractivity contribution is 8.93. The standard InChI is InChI=1S/C18H21NO2.BrH/c20-17-9-8-15(11-18(17)21)16-7-4-10-19(13-16)12-14-5-2-1-3-6-14;/h1-3,5-6,8-9,11,16,20-21H,4,7,10,12-13H2;1H. The van der Waals surface area contributed by atoms with E-state index in [2.05, 4.69) is 29.2 Å². The van der Waals surface area contributed by atoms with Crippen LogP contribution in [-0.2, 0) is 6.54 Å². The molecule has 0 saturated carbocycles. The van der Waals surface area contributed by atoms with Crippen LogP contribution < -0.4 is 0 Å². The molecule has 22 heavy (non-hydrogen) atoms. The van der Waals surface area contributed by atoms with E-state index in [4.69, 9.17) is 0 Å². The van der Waals surface area contributed by atoms with Crippen molar-refractivity contribution in [1.29, 1.82) is 0 Å². The molecule has 118 valence electrons. The van der Waals surface area contributed by atoms with Gasteiger partial charge in [0, 0.05) is 13.1 Å². The van der Waals surface area contributed by atoms with Crippen molar-refractivity contribution in [3.63, 3.8) is 0 Å². The molecule has 1 aliphatic heterocycles. The fourth-order valence-electron chi connectivity index (χ4n) is 3.11. The molecule has 0 radical (unpaired) electrons. The molecule has 2 aromatic carbocycles. The van der Waals surface area contributed by atoms with Crippen LogP contribution in [0, 0.1) is 0 Å². The minimum atomic E-state index is -0.0456. The van der Waals surface area contributed by atoms with E-state index in [9.17, 15) is 10.2 Å². The minimum absolute atomic E-state index is 0. The summed E-state index contributed by atoms with van der Waals surface area (Å²) in [6.07, 6.45) is 2.30. The van der Waals surface area contributed by atoms with Gasteiger partial charge in [-0.1, -0.05) is 36.4 Å². The van der Waals surface area contributed by atoms with Crippen LogP contribution in [0.15, 0.2) is 48.5 Å². The van der Waals surface area contributed by atoms with Crippen LogP contribution in [0.25, 0.3) is 0 Å². The zero-order valence-electron chi connectivity index (χ0n) is 12.5. The Bertz CT molecular complexity index is 603. The van der Waals surface area contributed by atoms with Gasteiger partial charge in [0.05, 0.1) is 0 Å². The molecule has 1 atom stereocenters. The number of halogens is 1. The largest absolute Gasteiger partial charge is 0.504 e. The van der Waals surface area contributed by atoms with Gasteiger partial charge < -0.3 is 10.2 Å². The van der Waals surface area contributed by atoms with E-state index >= 15 is 0 Å². The predicted octanol–water partition coefficient (Wildman–Crippen LogP) is 4.06. The van der Waals surface area contributed by atoms with Crippen molar-refractivity contribution >= 4 is 17.0 Å². The lowest BCUT2D eigenvalue weighted by atomic mass is 9.90. The van der Waals surface area contributed by atoms with Crippen LogP contribution >= 0.6 is 17.0 Å². The highest BCUT2D eigenvalue weighted by atomic mass is 79.9. The van der Waals surface area contributed by atoms with Gasteiger partial charge in [0.15, 0.2) is 11.5 Å². The number of nitrogens with zero attached hydrogens (tertiary/aromatic N) is 1. The summed E-state index contributed by atoms with van der Waals surface area (Å²) in [5, 5.41) is 19.1. The summed E-state index contributed by atoms with van der Waals surface area (Å²) >= 11 is 0. The summed E-state index contributed by atoms with van der Waals surface area (Å²) < 4.78 is 0. The zero-order valence-corrected chi connectivity index (χ0v) is 14.2. The second-order valence-corrected chi connectivity index (χ2v) is 5.81. The third kappa shape index (κ3) is 4.02. The first-order valence-electron chi connectivity index (χ1n) is 7.50. The predicted molar refractivity (Wildman–Crippen MR) is 93.8 cm³/mol. The maximum absolute atomic E-state index is 9.67. The van der Waals surface area contributed by atoms with Gasteiger partial charge in [-0.2, -0.15) is 0 Å². The van der Waals surface area contributed by atoms with Crippen molar-refractivity contribution in [1.82, 2.24) is 4.90 Å². The van der Waals surface area contributed by atoms with Gasteiger partial charge in [-0.15, -0.1) is 17.0 Å². The van der Waals surface area contributed by atoms with Gasteiger partial charge in [-0.25, -0.2) is 0 Å². The molecular weight excluding hydrogens is 342 g/mol. The van der Waals surface area contributed by atoms with Crippen molar-refractivity contribution in [3.05, 3.63) is 59.7 Å². The molecule has 4 heteroatoms. The number of hydrogen-bond acceptors (Lipinski definition) is 3. The summed E-state index contributed by atoms with van der Waals surface area (Å²) in [7, 11) is 0. The summed E-state index contributed by atoms with van der Waals surface area (Å²) in [5.41, 5.74) is 2.45. The molecule has 1 aliphatic rings. The number of benzene rings is 2. The number of hydrogen-bond donors (Lipinski definition) is 2. The molecule has 3 nitrogen and oxygen atoms in total. The Morgan fingerprint density at radius 1 is 1.00 bits per heavy atom. The second kappa shape index (κ2) is 7.65. The Kier molecular flexibility index (Phi) is 5.86. The highest BCUT2D eigenvalue weighted by Gasteiger charge is 2.22. The molecule has 0 amide bonds. The lowest BCUT2D eigenvalue weighted by Gasteiger charge is -2.33. The molecule has 1 heterocycles. The van der Waals surface area contributed by atoms with Crippen molar-refractivity contribution < 1.29 is 10.2 Å². The fraction of sp³-hybridized carbons (Fsp3) is 0.333. The van der Waals surface area contributed by atoms with Crippen molar-refractivity contribution in [3.8, 4) is 11.5 Å². The minimum Gasteiger partial charge on any atom is -0.504 e. The molecule has 2 aromatic rings. The van der Waals surface area contributed by atoms with Gasteiger partial charge in [-0.05, 0) is 48.6 Å². The number of rotatable bonds is 3. The van der Waals surface area contributed by atoms with Crippen LogP contribution in [-0.4, -0.2) is 28.2 Å². The SMILES string of the molecule is Br.Oc1ccc(C2CCCN(Cc3ccccc3)C2)cc1O. The summed E-state index contributed by atoms with van der Waals surface area (Å²) in [4.78, 5) is 2.47. The van der Waals surface area contributed by atoms with Crippen LogP contribution in [0.3, 0.4) is 0 Å². The maximum atomic E-state index is 9.67. The first kappa shape index (κ1) is 16.8. The molecule has 0 aromatic heterocycles. The van der Waals surface area contributed by atoms with E-state index in [1.54, 1.807) is 12.1 Å². The maximum Gasteiger partial charge on any atom is 0.157 e. The lowest BCUT2D eigenvalue weighted by Crippen LogP contribution is -2.33. The topological polar surface area (TPSA) is 43.7 Å². The molecule has 1 fully saturated rings. The third-order valence-electron chi connectivity index (χ3n) is 4.23. The van der Waals surface area contributed by atoms with Gasteiger partial charge in [0.1, 0.15) is 0 Å². The third-order valence-corrected chi connectivity index (χ3v) is 4.23. The van der Waals surface area contributed by atoms with E-state index in [-0.39, 0.29) is 28.5 Å². The van der Waals surface area contributed by atoms with Crippen LogP contribution in [0.4, 0.5) is 0 Å². The van der Waals surface area contributed by atoms with Gasteiger partial charge in [-0.3, -0.25) is 4.90 Å². The zero-order chi connectivity index (χ0) is 14.7. The highest BCUT2D eigenvalue weighted by Crippen LogP contribution is 2.33. The molecule has 1 saturated heterocycles. The van der Waals surface area contributed by atoms with Crippen LogP contribution in [0.5, 0.6) is 11.5 Å². The molecule has 2 N–H and O–H groups in total. The number of phenolic OH excluding ortho intramolecular Hbond substituents is 2. The number of likely N-dealkylation sites (tertiary alicyclic amines) is 1. The summed E-state index contributed by atoms with van der Waals surface area (Å²) in [6.45, 7) is 3.09.